The van der Waals surface area contributed by atoms with Crippen molar-refractivity contribution < 1.29 is 28.9 Å². The van der Waals surface area contributed by atoms with Crippen molar-refractivity contribution >= 4 is 12.1 Å². The van der Waals surface area contributed by atoms with E-state index in [1.165, 1.54) is 6.08 Å². The Bertz CT molecular complexity index is 308. The molecule has 1 saturated heterocycles. The number of hydrogen-bond donors (Lipinski definition) is 2. The van der Waals surface area contributed by atoms with Crippen LogP contribution in [0.3, 0.4) is 0 Å². The van der Waals surface area contributed by atoms with E-state index in [1.807, 2.05) is 0 Å². The van der Waals surface area contributed by atoms with Gasteiger partial charge in [0.25, 0.3) is 0 Å². The van der Waals surface area contributed by atoms with E-state index in [0.29, 0.717) is 4.90 Å². The van der Waals surface area contributed by atoms with Crippen LogP contribution in [0.5, 0.6) is 0 Å². The zero-order valence-electron chi connectivity index (χ0n) is 8.38. The number of hydrogen-bond acceptors (Lipinski definition) is 4. The number of aliphatic hydroxyl groups excluding tert-OH is 1. The summed E-state index contributed by atoms with van der Waals surface area (Å²) in [5, 5.41) is 17.9. The van der Waals surface area contributed by atoms with Gasteiger partial charge in [0.15, 0.2) is 12.2 Å². The molecule has 7 heteroatoms. The summed E-state index contributed by atoms with van der Waals surface area (Å²) in [5.74, 6) is -1.51. The third kappa shape index (κ3) is 2.30. The fourth-order valence-corrected chi connectivity index (χ4v) is 1.47. The molecule has 0 aromatic rings. The van der Waals surface area contributed by atoms with Crippen LogP contribution in [-0.2, 0) is 9.53 Å². The number of ether oxygens (including phenoxy) is 1. The van der Waals surface area contributed by atoms with Crippen LogP contribution in [0.2, 0.25) is 0 Å². The molecule has 0 unspecified atom stereocenters. The molecular formula is C9H12FNO5. The van der Waals surface area contributed by atoms with Crippen LogP contribution in [0.4, 0.5) is 9.18 Å². The maximum Gasteiger partial charge on any atom is 0.411 e. The number of β-amino-alcohol motifs (C(OH)–C–C–N with tert-alkyl or cyclic N) is 1. The molecule has 2 N–H and O–H groups in total. The van der Waals surface area contributed by atoms with Crippen molar-refractivity contribution in [2.24, 2.45) is 0 Å². The van der Waals surface area contributed by atoms with Crippen LogP contribution in [0.15, 0.2) is 12.7 Å². The van der Waals surface area contributed by atoms with Crippen molar-refractivity contribution in [1.82, 2.24) is 4.90 Å². The molecule has 0 aliphatic carbocycles. The molecule has 6 nitrogen and oxygen atoms in total. The predicted molar refractivity (Wildman–Crippen MR) is 50.6 cm³/mol. The molecule has 0 spiro atoms. The lowest BCUT2D eigenvalue weighted by Gasteiger charge is -2.20. The third-order valence-electron chi connectivity index (χ3n) is 2.20. The molecule has 90 valence electrons. The molecular weight excluding hydrogens is 221 g/mol. The van der Waals surface area contributed by atoms with E-state index in [2.05, 4.69) is 11.3 Å². The van der Waals surface area contributed by atoms with Gasteiger partial charge in [0.1, 0.15) is 12.7 Å². The Labute approximate surface area is 90.9 Å². The molecule has 1 fully saturated rings. The van der Waals surface area contributed by atoms with Gasteiger partial charge in [-0.2, -0.15) is 0 Å². The van der Waals surface area contributed by atoms with E-state index < -0.39 is 36.9 Å². The summed E-state index contributed by atoms with van der Waals surface area (Å²) in [5.41, 5.74) is 0. The summed E-state index contributed by atoms with van der Waals surface area (Å²) in [7, 11) is 0. The highest BCUT2D eigenvalue weighted by molar-refractivity contribution is 5.81. The lowest BCUT2D eigenvalue weighted by Crippen LogP contribution is -2.44. The van der Waals surface area contributed by atoms with Gasteiger partial charge in [-0.1, -0.05) is 12.7 Å². The number of likely N-dealkylation sites (tertiary alicyclic amines) is 1. The number of carbonyl (C=O) groups excluding carboxylic acids is 1. The quantitative estimate of drug-likeness (QED) is 0.658. The summed E-state index contributed by atoms with van der Waals surface area (Å²) >= 11 is 0. The number of carboxylic acids is 1. The number of rotatable bonds is 3. The number of carboxylic acid groups (broad SMARTS) is 1. The van der Waals surface area contributed by atoms with E-state index in [4.69, 9.17) is 10.2 Å². The minimum absolute atomic E-state index is 0.102. The number of aliphatic carboxylic acids is 1. The van der Waals surface area contributed by atoms with Crippen molar-refractivity contribution in [2.75, 3.05) is 13.2 Å². The van der Waals surface area contributed by atoms with Crippen molar-refractivity contribution in [3.8, 4) is 0 Å². The molecule has 1 rings (SSSR count). The molecule has 16 heavy (non-hydrogen) atoms. The molecule has 0 bridgehead atoms. The molecule has 1 aliphatic heterocycles. The highest BCUT2D eigenvalue weighted by Crippen LogP contribution is 2.22. The second-order valence-corrected chi connectivity index (χ2v) is 3.31. The second kappa shape index (κ2) is 4.93. The van der Waals surface area contributed by atoms with Crippen LogP contribution >= 0.6 is 0 Å². The normalized spacial score (nSPS) is 28.9. The molecule has 1 amide bonds. The Kier molecular flexibility index (Phi) is 3.83. The van der Waals surface area contributed by atoms with Gasteiger partial charge in [0, 0.05) is 0 Å². The van der Waals surface area contributed by atoms with E-state index in [0.717, 1.165) is 0 Å². The van der Waals surface area contributed by atoms with Crippen molar-refractivity contribution in [2.45, 2.75) is 18.3 Å². The summed E-state index contributed by atoms with van der Waals surface area (Å²) in [4.78, 5) is 22.7. The van der Waals surface area contributed by atoms with E-state index in [-0.39, 0.29) is 6.61 Å². The number of aliphatic hydroxyl groups is 1. The first kappa shape index (κ1) is 12.4. The average Bonchev–Trinajstić information content (AvgIpc) is 2.52. The topological polar surface area (TPSA) is 87.1 Å². The zero-order valence-corrected chi connectivity index (χ0v) is 8.38. The number of alkyl halides is 1. The van der Waals surface area contributed by atoms with Gasteiger partial charge in [0.05, 0.1) is 6.54 Å². The van der Waals surface area contributed by atoms with Crippen LogP contribution < -0.4 is 0 Å². The minimum atomic E-state index is -2.01. The van der Waals surface area contributed by atoms with Crippen LogP contribution in [-0.4, -0.2) is 58.6 Å². The largest absolute Gasteiger partial charge is 0.480 e. The van der Waals surface area contributed by atoms with Crippen molar-refractivity contribution in [1.29, 1.82) is 0 Å². The average molecular weight is 233 g/mol. The molecule has 1 heterocycles. The van der Waals surface area contributed by atoms with Crippen molar-refractivity contribution in [3.63, 3.8) is 0 Å². The standard InChI is InChI=1S/C9H12FNO5/c1-2-3-16-9(15)11-4-5(12)6(10)7(11)8(13)14/h2,5-7,12H,1,3-4H2,(H,13,14)/t5-,6-,7+/m1/s1. The SMILES string of the molecule is C=CCOC(=O)N1C[C@@H](O)[C@@H](F)[C@H]1C(=O)O. The van der Waals surface area contributed by atoms with E-state index >= 15 is 0 Å². The fraction of sp³-hybridized carbons (Fsp3) is 0.556. The summed E-state index contributed by atoms with van der Waals surface area (Å²) < 4.78 is 17.8. The van der Waals surface area contributed by atoms with Gasteiger partial charge < -0.3 is 14.9 Å². The summed E-state index contributed by atoms with van der Waals surface area (Å²) in [6.07, 6.45) is -3.19. The van der Waals surface area contributed by atoms with Gasteiger partial charge in [-0.05, 0) is 0 Å². The molecule has 0 saturated carbocycles. The van der Waals surface area contributed by atoms with Crippen LogP contribution in [0, 0.1) is 0 Å². The Hall–Kier alpha value is -1.63. The second-order valence-electron chi connectivity index (χ2n) is 3.31. The van der Waals surface area contributed by atoms with Crippen LogP contribution in [0.1, 0.15) is 0 Å². The van der Waals surface area contributed by atoms with Gasteiger partial charge in [0.2, 0.25) is 0 Å². The van der Waals surface area contributed by atoms with E-state index in [9.17, 15) is 14.0 Å². The molecule has 0 radical (unpaired) electrons. The first-order valence-electron chi connectivity index (χ1n) is 4.58. The van der Waals surface area contributed by atoms with Crippen LogP contribution in [0.25, 0.3) is 0 Å². The molecule has 0 aromatic heterocycles. The minimum Gasteiger partial charge on any atom is -0.480 e. The molecule has 0 aromatic carbocycles. The fourth-order valence-electron chi connectivity index (χ4n) is 1.47. The number of carbonyl (C=O) groups is 2. The van der Waals surface area contributed by atoms with Gasteiger partial charge in [-0.3, -0.25) is 4.90 Å². The Morgan fingerprint density at radius 1 is 1.62 bits per heavy atom. The predicted octanol–water partition coefficient (Wildman–Crippen LogP) is -0.223. The maximum absolute atomic E-state index is 13.3. The molecule has 1 aliphatic rings. The first-order valence-corrected chi connectivity index (χ1v) is 4.58. The highest BCUT2D eigenvalue weighted by Gasteiger charge is 2.48. The van der Waals surface area contributed by atoms with Crippen molar-refractivity contribution in [3.05, 3.63) is 12.7 Å². The van der Waals surface area contributed by atoms with Gasteiger partial charge >= 0.3 is 12.1 Å². The Morgan fingerprint density at radius 3 is 2.75 bits per heavy atom. The maximum atomic E-state index is 13.3. The smallest absolute Gasteiger partial charge is 0.411 e. The Morgan fingerprint density at radius 2 is 2.25 bits per heavy atom. The number of halogens is 1. The lowest BCUT2D eigenvalue weighted by atomic mass is 10.2. The summed E-state index contributed by atoms with van der Waals surface area (Å²) in [6.45, 7) is 2.81. The number of amides is 1. The monoisotopic (exact) mass is 233 g/mol. The van der Waals surface area contributed by atoms with Gasteiger partial charge in [-0.15, -0.1) is 0 Å². The Balaban J connectivity index is 2.74. The lowest BCUT2D eigenvalue weighted by molar-refractivity contribution is -0.143. The zero-order chi connectivity index (χ0) is 12.3. The third-order valence-corrected chi connectivity index (χ3v) is 2.20. The van der Waals surface area contributed by atoms with Gasteiger partial charge in [-0.25, -0.2) is 14.0 Å². The summed E-state index contributed by atoms with van der Waals surface area (Å²) in [6, 6.07) is -1.70. The first-order chi connectivity index (χ1) is 7.49. The van der Waals surface area contributed by atoms with E-state index in [1.54, 1.807) is 0 Å². The molecule has 3 atom stereocenters. The highest BCUT2D eigenvalue weighted by atomic mass is 19.1. The number of nitrogens with zero attached hydrogens (tertiary/aromatic N) is 1.